The highest BCUT2D eigenvalue weighted by Crippen LogP contribution is 2.35. The second-order valence-electron chi connectivity index (χ2n) is 7.36. The molecule has 1 aliphatic rings. The molecule has 29 heavy (non-hydrogen) atoms. The van der Waals surface area contributed by atoms with Crippen LogP contribution in [0.5, 0.6) is 0 Å². The van der Waals surface area contributed by atoms with E-state index in [2.05, 4.69) is 44.7 Å². The fourth-order valence-electron chi connectivity index (χ4n) is 4.22. The Morgan fingerprint density at radius 2 is 2.14 bits per heavy atom. The largest absolute Gasteiger partial charge is 0.309 e. The summed E-state index contributed by atoms with van der Waals surface area (Å²) in [5.41, 5.74) is 4.29. The number of pyridine rings is 1. The molecule has 0 spiro atoms. The first-order valence-electron chi connectivity index (χ1n) is 9.59. The fraction of sp³-hybridized carbons (Fsp3) is 0.238. The van der Waals surface area contributed by atoms with Crippen LogP contribution < -0.4 is 5.56 Å². The lowest BCUT2D eigenvalue weighted by molar-refractivity contribution is 0.915. The van der Waals surface area contributed by atoms with Gasteiger partial charge in [-0.25, -0.2) is 4.98 Å². The van der Waals surface area contributed by atoms with Gasteiger partial charge in [0.2, 0.25) is 0 Å². The minimum atomic E-state index is -0.0165. The third-order valence-electron chi connectivity index (χ3n) is 5.54. The average molecular weight is 420 g/mol. The van der Waals surface area contributed by atoms with Crippen molar-refractivity contribution >= 4 is 49.9 Å². The predicted octanol–water partition coefficient (Wildman–Crippen LogP) is 4.27. The summed E-state index contributed by atoms with van der Waals surface area (Å²) >= 11 is 3.21. The molecule has 0 bridgehead atoms. The Hall–Kier alpha value is -2.71. The predicted molar refractivity (Wildman–Crippen MR) is 117 cm³/mol. The molecule has 1 N–H and O–H groups in total. The Bertz CT molecular complexity index is 1480. The minimum absolute atomic E-state index is 0.0165. The van der Waals surface area contributed by atoms with Gasteiger partial charge in [0.15, 0.2) is 10.8 Å². The molecule has 6 nitrogen and oxygen atoms in total. The van der Waals surface area contributed by atoms with Crippen LogP contribution in [-0.4, -0.2) is 24.6 Å². The number of thiophene rings is 1. The van der Waals surface area contributed by atoms with Gasteiger partial charge in [-0.15, -0.1) is 21.5 Å². The quantitative estimate of drug-likeness (QED) is 0.442. The van der Waals surface area contributed by atoms with Gasteiger partial charge in [-0.3, -0.25) is 9.20 Å². The summed E-state index contributed by atoms with van der Waals surface area (Å²) in [6.07, 6.45) is 3.20. The van der Waals surface area contributed by atoms with E-state index >= 15 is 0 Å². The molecular weight excluding hydrogens is 402 g/mol. The van der Waals surface area contributed by atoms with E-state index in [0.717, 1.165) is 45.8 Å². The van der Waals surface area contributed by atoms with Crippen LogP contribution in [-0.2, 0) is 18.6 Å². The number of rotatable bonds is 3. The summed E-state index contributed by atoms with van der Waals surface area (Å²) in [6.45, 7) is 2.09. The van der Waals surface area contributed by atoms with Crippen LogP contribution >= 0.6 is 23.1 Å². The average Bonchev–Trinajstić information content (AvgIpc) is 3.40. The van der Waals surface area contributed by atoms with Crippen molar-refractivity contribution in [3.05, 3.63) is 62.5 Å². The number of thioether (sulfide) groups is 1. The SMILES string of the molecule is Cc1cc2nnc(SCc3nc4sc5c(c4c(=O)[nH]3)CCC5)n2c2ccccc12. The van der Waals surface area contributed by atoms with Gasteiger partial charge in [-0.2, -0.15) is 0 Å². The summed E-state index contributed by atoms with van der Waals surface area (Å²) in [6, 6.07) is 10.3. The van der Waals surface area contributed by atoms with Gasteiger partial charge in [0.1, 0.15) is 10.7 Å². The van der Waals surface area contributed by atoms with Crippen LogP contribution in [0.4, 0.5) is 0 Å². The van der Waals surface area contributed by atoms with E-state index in [0.29, 0.717) is 11.6 Å². The zero-order chi connectivity index (χ0) is 19.5. The number of fused-ring (bicyclic) bond motifs is 6. The smallest absolute Gasteiger partial charge is 0.259 e. The number of aromatic nitrogens is 5. The molecule has 4 aromatic heterocycles. The van der Waals surface area contributed by atoms with Crippen molar-refractivity contribution in [2.75, 3.05) is 0 Å². The number of hydrogen-bond donors (Lipinski definition) is 1. The second kappa shape index (κ2) is 6.40. The van der Waals surface area contributed by atoms with Gasteiger partial charge in [-0.05, 0) is 49.4 Å². The number of aromatic amines is 1. The zero-order valence-corrected chi connectivity index (χ0v) is 17.4. The van der Waals surface area contributed by atoms with Gasteiger partial charge < -0.3 is 4.98 Å². The fourth-order valence-corrected chi connectivity index (χ4v) is 6.32. The van der Waals surface area contributed by atoms with Crippen molar-refractivity contribution in [3.63, 3.8) is 0 Å². The molecule has 0 amide bonds. The third-order valence-corrected chi connectivity index (χ3v) is 7.66. The van der Waals surface area contributed by atoms with E-state index in [9.17, 15) is 4.79 Å². The standard InChI is InChI=1S/C21H17N5OS2/c1-11-9-17-24-25-21(26(17)14-7-3-2-5-12(11)14)28-10-16-22-19(27)18-13-6-4-8-15(13)29-20(18)23-16/h2-3,5,7,9H,4,6,8,10H2,1H3,(H,22,23,27). The Kier molecular flexibility index (Phi) is 3.79. The first kappa shape index (κ1) is 17.2. The van der Waals surface area contributed by atoms with Crippen LogP contribution in [0.25, 0.3) is 26.8 Å². The van der Waals surface area contributed by atoms with Gasteiger partial charge >= 0.3 is 0 Å². The summed E-state index contributed by atoms with van der Waals surface area (Å²) in [7, 11) is 0. The molecule has 0 aliphatic heterocycles. The van der Waals surface area contributed by atoms with E-state index in [4.69, 9.17) is 4.98 Å². The van der Waals surface area contributed by atoms with E-state index in [1.807, 2.05) is 12.1 Å². The third kappa shape index (κ3) is 2.63. The number of nitrogens with one attached hydrogen (secondary N) is 1. The van der Waals surface area contributed by atoms with Gasteiger partial charge in [0, 0.05) is 10.3 Å². The minimum Gasteiger partial charge on any atom is -0.309 e. The van der Waals surface area contributed by atoms with Crippen molar-refractivity contribution in [3.8, 4) is 0 Å². The van der Waals surface area contributed by atoms with Crippen LogP contribution in [0.2, 0.25) is 0 Å². The molecule has 144 valence electrons. The number of H-pyrrole nitrogens is 1. The molecule has 0 unspecified atom stereocenters. The number of para-hydroxylation sites is 1. The number of benzene rings is 1. The van der Waals surface area contributed by atoms with E-state index < -0.39 is 0 Å². The van der Waals surface area contributed by atoms with Crippen molar-refractivity contribution in [2.24, 2.45) is 0 Å². The maximum atomic E-state index is 12.7. The van der Waals surface area contributed by atoms with Crippen LogP contribution in [0.1, 0.15) is 28.2 Å². The Morgan fingerprint density at radius 3 is 3.07 bits per heavy atom. The van der Waals surface area contributed by atoms with Crippen LogP contribution in [0, 0.1) is 6.92 Å². The lowest BCUT2D eigenvalue weighted by Crippen LogP contribution is -2.11. The highest BCUT2D eigenvalue weighted by molar-refractivity contribution is 7.98. The summed E-state index contributed by atoms with van der Waals surface area (Å²) in [5.74, 6) is 1.22. The zero-order valence-electron chi connectivity index (χ0n) is 15.7. The number of aryl methyl sites for hydroxylation is 3. The van der Waals surface area contributed by atoms with E-state index in [-0.39, 0.29) is 5.56 Å². The molecule has 0 saturated carbocycles. The molecule has 0 radical (unpaired) electrons. The molecule has 5 aromatic rings. The van der Waals surface area contributed by atoms with E-state index in [1.165, 1.54) is 33.2 Å². The normalized spacial score (nSPS) is 13.7. The maximum Gasteiger partial charge on any atom is 0.259 e. The Labute approximate surface area is 174 Å². The highest BCUT2D eigenvalue weighted by atomic mass is 32.2. The number of nitrogens with zero attached hydrogens (tertiary/aromatic N) is 4. The first-order valence-corrected chi connectivity index (χ1v) is 11.4. The summed E-state index contributed by atoms with van der Waals surface area (Å²) < 4.78 is 2.07. The molecule has 0 atom stereocenters. The number of hydrogen-bond acceptors (Lipinski definition) is 6. The summed E-state index contributed by atoms with van der Waals surface area (Å²) in [4.78, 5) is 22.6. The topological polar surface area (TPSA) is 75.9 Å². The van der Waals surface area contributed by atoms with Gasteiger partial charge in [0.05, 0.1) is 16.7 Å². The second-order valence-corrected chi connectivity index (χ2v) is 9.39. The van der Waals surface area contributed by atoms with Crippen molar-refractivity contribution in [1.82, 2.24) is 24.6 Å². The van der Waals surface area contributed by atoms with Crippen molar-refractivity contribution < 1.29 is 0 Å². The first-order chi connectivity index (χ1) is 14.2. The molecule has 4 heterocycles. The maximum absolute atomic E-state index is 12.7. The molecule has 8 heteroatoms. The Morgan fingerprint density at radius 1 is 1.24 bits per heavy atom. The van der Waals surface area contributed by atoms with Gasteiger partial charge in [0.25, 0.3) is 5.56 Å². The summed E-state index contributed by atoms with van der Waals surface area (Å²) in [5, 5.41) is 11.5. The monoisotopic (exact) mass is 419 g/mol. The van der Waals surface area contributed by atoms with E-state index in [1.54, 1.807) is 11.3 Å². The van der Waals surface area contributed by atoms with Crippen LogP contribution in [0.15, 0.2) is 40.3 Å². The molecule has 6 rings (SSSR count). The lowest BCUT2D eigenvalue weighted by atomic mass is 10.1. The highest BCUT2D eigenvalue weighted by Gasteiger charge is 2.21. The molecular formula is C21H17N5OS2. The lowest BCUT2D eigenvalue weighted by Gasteiger charge is -2.07. The molecule has 1 aromatic carbocycles. The van der Waals surface area contributed by atoms with Crippen LogP contribution in [0.3, 0.4) is 0 Å². The van der Waals surface area contributed by atoms with Crippen molar-refractivity contribution in [2.45, 2.75) is 37.1 Å². The van der Waals surface area contributed by atoms with Crippen molar-refractivity contribution in [1.29, 1.82) is 0 Å². The molecule has 1 aliphatic carbocycles. The van der Waals surface area contributed by atoms with Gasteiger partial charge in [-0.1, -0.05) is 30.0 Å². The molecule has 0 fully saturated rings. The molecule has 0 saturated heterocycles. The Balaban J connectivity index is 1.39.